The van der Waals surface area contributed by atoms with Crippen LogP contribution in [-0.2, 0) is 0 Å². The molecule has 15 heavy (non-hydrogen) atoms. The van der Waals surface area contributed by atoms with E-state index in [1.807, 2.05) is 24.3 Å². The van der Waals surface area contributed by atoms with Crippen molar-refractivity contribution in [3.63, 3.8) is 0 Å². The molecule has 0 N–H and O–H groups in total. The number of rotatable bonds is 5. The fourth-order valence-electron chi connectivity index (χ4n) is 1.42. The molecule has 82 valence electrons. The third-order valence-corrected chi connectivity index (χ3v) is 2.57. The summed E-state index contributed by atoms with van der Waals surface area (Å²) in [7, 11) is 0. The van der Waals surface area contributed by atoms with Crippen molar-refractivity contribution in [1.82, 2.24) is 0 Å². The van der Waals surface area contributed by atoms with Crippen LogP contribution in [0.25, 0.3) is 0 Å². The quantitative estimate of drug-likeness (QED) is 0.718. The van der Waals surface area contributed by atoms with Crippen molar-refractivity contribution in [3.8, 4) is 5.75 Å². The number of benzene rings is 1. The minimum atomic E-state index is 0.520. The van der Waals surface area contributed by atoms with Gasteiger partial charge in [0.25, 0.3) is 0 Å². The average molecular weight is 269 g/mol. The summed E-state index contributed by atoms with van der Waals surface area (Å²) >= 11 is 3.39. The molecule has 1 aromatic carbocycles. The summed E-state index contributed by atoms with van der Waals surface area (Å²) in [6, 6.07) is 7.91. The van der Waals surface area contributed by atoms with Gasteiger partial charge in [-0.15, -0.1) is 6.58 Å². The van der Waals surface area contributed by atoms with E-state index in [1.165, 1.54) is 5.57 Å². The molecule has 0 aliphatic heterocycles. The fraction of sp³-hybridized carbons (Fsp3) is 0.385. The maximum atomic E-state index is 5.66. The maximum absolute atomic E-state index is 5.66. The Kier molecular flexibility index (Phi) is 4.89. The molecule has 0 heterocycles. The molecule has 0 radical (unpaired) electrons. The summed E-state index contributed by atoms with van der Waals surface area (Å²) in [5.74, 6) is 1.44. The number of halogens is 1. The molecule has 2 heteroatoms. The normalized spacial score (nSPS) is 12.2. The van der Waals surface area contributed by atoms with Gasteiger partial charge in [-0.05, 0) is 43.5 Å². The summed E-state index contributed by atoms with van der Waals surface area (Å²) in [6.45, 7) is 8.87. The molecule has 0 spiro atoms. The first kappa shape index (κ1) is 12.3. The van der Waals surface area contributed by atoms with Crippen LogP contribution in [0.5, 0.6) is 5.75 Å². The molecule has 1 nitrogen and oxygen atoms in total. The number of allylic oxidation sites excluding steroid dienone is 1. The van der Waals surface area contributed by atoms with Crippen LogP contribution < -0.4 is 4.74 Å². The van der Waals surface area contributed by atoms with Gasteiger partial charge in [-0.2, -0.15) is 0 Å². The topological polar surface area (TPSA) is 9.23 Å². The fourth-order valence-corrected chi connectivity index (χ4v) is 1.69. The van der Waals surface area contributed by atoms with Crippen LogP contribution >= 0.6 is 15.9 Å². The largest absolute Gasteiger partial charge is 0.493 e. The van der Waals surface area contributed by atoms with E-state index in [0.29, 0.717) is 5.92 Å². The molecular formula is C13H17BrO. The lowest BCUT2D eigenvalue weighted by molar-refractivity contribution is 0.259. The van der Waals surface area contributed by atoms with Crippen molar-refractivity contribution in [1.29, 1.82) is 0 Å². The molecule has 1 aromatic rings. The van der Waals surface area contributed by atoms with Gasteiger partial charge in [0, 0.05) is 4.47 Å². The molecule has 0 fully saturated rings. The Balaban J connectivity index is 2.36. The third-order valence-electron chi connectivity index (χ3n) is 2.05. The molecule has 1 atom stereocenters. The van der Waals surface area contributed by atoms with E-state index in [1.54, 1.807) is 0 Å². The second kappa shape index (κ2) is 5.96. The van der Waals surface area contributed by atoms with Crippen LogP contribution in [0.1, 0.15) is 20.3 Å². The lowest BCUT2D eigenvalue weighted by Crippen LogP contribution is -2.08. The van der Waals surface area contributed by atoms with Gasteiger partial charge in [0.15, 0.2) is 0 Å². The highest BCUT2D eigenvalue weighted by Gasteiger charge is 2.03. The Bertz CT molecular complexity index is 316. The van der Waals surface area contributed by atoms with Gasteiger partial charge >= 0.3 is 0 Å². The van der Waals surface area contributed by atoms with Crippen LogP contribution in [0.4, 0.5) is 0 Å². The highest BCUT2D eigenvalue weighted by Crippen LogP contribution is 2.17. The Morgan fingerprint density at radius 3 is 2.53 bits per heavy atom. The standard InChI is InChI=1S/C13H17BrO/c1-10(2)8-11(3)9-15-13-6-4-12(14)5-7-13/h4-7,11H,1,8-9H2,2-3H3. The predicted octanol–water partition coefficient (Wildman–Crippen LogP) is 4.43. The Labute approximate surface area is 100 Å². The smallest absolute Gasteiger partial charge is 0.119 e. The van der Waals surface area contributed by atoms with Crippen LogP contribution in [-0.4, -0.2) is 6.61 Å². The number of hydrogen-bond acceptors (Lipinski definition) is 1. The lowest BCUT2D eigenvalue weighted by atomic mass is 10.0. The van der Waals surface area contributed by atoms with Gasteiger partial charge in [-0.1, -0.05) is 28.4 Å². The zero-order valence-electron chi connectivity index (χ0n) is 9.29. The molecule has 1 unspecified atom stereocenters. The zero-order chi connectivity index (χ0) is 11.3. The number of ether oxygens (including phenoxy) is 1. The minimum Gasteiger partial charge on any atom is -0.493 e. The van der Waals surface area contributed by atoms with Gasteiger partial charge in [0.2, 0.25) is 0 Å². The second-order valence-electron chi connectivity index (χ2n) is 4.03. The molecule has 0 amide bonds. The van der Waals surface area contributed by atoms with E-state index < -0.39 is 0 Å². The van der Waals surface area contributed by atoms with E-state index in [4.69, 9.17) is 4.74 Å². The monoisotopic (exact) mass is 268 g/mol. The van der Waals surface area contributed by atoms with E-state index in [0.717, 1.165) is 23.2 Å². The SMILES string of the molecule is C=C(C)CC(C)COc1ccc(Br)cc1. The van der Waals surface area contributed by atoms with Gasteiger partial charge in [0.05, 0.1) is 6.61 Å². The summed E-state index contributed by atoms with van der Waals surface area (Å²) in [6.07, 6.45) is 1.02. The van der Waals surface area contributed by atoms with Gasteiger partial charge in [-0.25, -0.2) is 0 Å². The van der Waals surface area contributed by atoms with E-state index in [-0.39, 0.29) is 0 Å². The first-order chi connectivity index (χ1) is 7.08. The molecule has 0 aromatic heterocycles. The van der Waals surface area contributed by atoms with Crippen molar-refractivity contribution >= 4 is 15.9 Å². The highest BCUT2D eigenvalue weighted by atomic mass is 79.9. The van der Waals surface area contributed by atoms with Crippen molar-refractivity contribution < 1.29 is 4.74 Å². The van der Waals surface area contributed by atoms with Crippen molar-refractivity contribution in [2.45, 2.75) is 20.3 Å². The van der Waals surface area contributed by atoms with E-state index >= 15 is 0 Å². The maximum Gasteiger partial charge on any atom is 0.119 e. The van der Waals surface area contributed by atoms with Crippen LogP contribution in [0.2, 0.25) is 0 Å². The first-order valence-electron chi connectivity index (χ1n) is 5.10. The van der Waals surface area contributed by atoms with Crippen LogP contribution in [0.3, 0.4) is 0 Å². The van der Waals surface area contributed by atoms with Gasteiger partial charge in [0.1, 0.15) is 5.75 Å². The average Bonchev–Trinajstić information content (AvgIpc) is 2.16. The third kappa shape index (κ3) is 5.03. The van der Waals surface area contributed by atoms with E-state index in [2.05, 4.69) is 36.4 Å². The van der Waals surface area contributed by atoms with Crippen LogP contribution in [0, 0.1) is 5.92 Å². The van der Waals surface area contributed by atoms with Crippen molar-refractivity contribution in [3.05, 3.63) is 40.9 Å². The van der Waals surface area contributed by atoms with Crippen LogP contribution in [0.15, 0.2) is 40.9 Å². The molecule has 0 aliphatic rings. The Hall–Kier alpha value is -0.760. The Morgan fingerprint density at radius 2 is 2.00 bits per heavy atom. The highest BCUT2D eigenvalue weighted by molar-refractivity contribution is 9.10. The second-order valence-corrected chi connectivity index (χ2v) is 4.95. The van der Waals surface area contributed by atoms with Crippen molar-refractivity contribution in [2.24, 2.45) is 5.92 Å². The van der Waals surface area contributed by atoms with Crippen molar-refractivity contribution in [2.75, 3.05) is 6.61 Å². The van der Waals surface area contributed by atoms with Gasteiger partial charge < -0.3 is 4.74 Å². The molecule has 1 rings (SSSR count). The summed E-state index contributed by atoms with van der Waals surface area (Å²) in [5, 5.41) is 0. The predicted molar refractivity (Wildman–Crippen MR) is 68.2 cm³/mol. The summed E-state index contributed by atoms with van der Waals surface area (Å²) in [4.78, 5) is 0. The first-order valence-corrected chi connectivity index (χ1v) is 5.90. The van der Waals surface area contributed by atoms with E-state index in [9.17, 15) is 0 Å². The summed E-state index contributed by atoms with van der Waals surface area (Å²) < 4.78 is 6.74. The molecule has 0 saturated heterocycles. The molecule has 0 bridgehead atoms. The number of hydrogen-bond donors (Lipinski definition) is 0. The zero-order valence-corrected chi connectivity index (χ0v) is 10.9. The Morgan fingerprint density at radius 1 is 1.40 bits per heavy atom. The van der Waals surface area contributed by atoms with Gasteiger partial charge in [-0.3, -0.25) is 0 Å². The molecular weight excluding hydrogens is 252 g/mol. The molecule has 0 aliphatic carbocycles. The minimum absolute atomic E-state index is 0.520. The molecule has 0 saturated carbocycles. The summed E-state index contributed by atoms with van der Waals surface area (Å²) in [5.41, 5.74) is 1.21. The lowest BCUT2D eigenvalue weighted by Gasteiger charge is -2.12.